The summed E-state index contributed by atoms with van der Waals surface area (Å²) in [4.78, 5) is 0. The van der Waals surface area contributed by atoms with Gasteiger partial charge in [-0.15, -0.1) is 0 Å². The first-order valence-electron chi connectivity index (χ1n) is 5.53. The molecule has 1 rings (SSSR count). The fourth-order valence-corrected chi connectivity index (χ4v) is 1.78. The molecule has 2 heteroatoms. The maximum atomic E-state index is 5.77. The van der Waals surface area contributed by atoms with E-state index in [0.717, 1.165) is 19.4 Å². The third kappa shape index (κ3) is 4.45. The lowest BCUT2D eigenvalue weighted by molar-refractivity contribution is 0.0959. The van der Waals surface area contributed by atoms with E-state index in [1.807, 2.05) is 6.07 Å². The first-order chi connectivity index (χ1) is 7.26. The van der Waals surface area contributed by atoms with Gasteiger partial charge in [0.25, 0.3) is 0 Å². The molecule has 0 spiro atoms. The van der Waals surface area contributed by atoms with Crippen molar-refractivity contribution in [1.82, 2.24) is 0 Å². The molecule has 2 unspecified atom stereocenters. The van der Waals surface area contributed by atoms with Gasteiger partial charge in [0.05, 0.1) is 6.10 Å². The van der Waals surface area contributed by atoms with E-state index in [9.17, 15) is 0 Å². The van der Waals surface area contributed by atoms with Crippen LogP contribution in [-0.4, -0.2) is 19.8 Å². The molecule has 0 aliphatic carbocycles. The van der Waals surface area contributed by atoms with Crippen LogP contribution in [0.2, 0.25) is 0 Å². The summed E-state index contributed by atoms with van der Waals surface area (Å²) < 4.78 is 5.26. The van der Waals surface area contributed by atoms with Gasteiger partial charge in [-0.1, -0.05) is 30.3 Å². The minimum atomic E-state index is 0.294. The maximum Gasteiger partial charge on any atom is 0.0546 e. The Kier molecular flexibility index (Phi) is 5.37. The molecule has 0 aromatic heterocycles. The van der Waals surface area contributed by atoms with Crippen LogP contribution >= 0.6 is 0 Å². The number of hydrogen-bond donors (Lipinski definition) is 1. The molecule has 0 aliphatic heterocycles. The Balaban J connectivity index is 2.47. The van der Waals surface area contributed by atoms with Gasteiger partial charge in [-0.25, -0.2) is 0 Å². The summed E-state index contributed by atoms with van der Waals surface area (Å²) in [5.41, 5.74) is 7.13. The van der Waals surface area contributed by atoms with Crippen LogP contribution in [0.5, 0.6) is 0 Å². The summed E-state index contributed by atoms with van der Waals surface area (Å²) in [6.07, 6.45) is 2.37. The fourth-order valence-electron chi connectivity index (χ4n) is 1.78. The molecule has 0 saturated carbocycles. The topological polar surface area (TPSA) is 35.2 Å². The molecule has 0 heterocycles. The molecular formula is C13H21NO. The van der Waals surface area contributed by atoms with Crippen molar-refractivity contribution < 1.29 is 4.74 Å². The Hall–Kier alpha value is -0.860. The van der Waals surface area contributed by atoms with Gasteiger partial charge >= 0.3 is 0 Å². The Morgan fingerprint density at radius 3 is 2.47 bits per heavy atom. The molecule has 0 bridgehead atoms. The summed E-state index contributed by atoms with van der Waals surface area (Å²) in [6, 6.07) is 10.5. The molecule has 0 amide bonds. The van der Waals surface area contributed by atoms with Crippen LogP contribution in [0.15, 0.2) is 30.3 Å². The predicted molar refractivity (Wildman–Crippen MR) is 63.8 cm³/mol. The van der Waals surface area contributed by atoms with E-state index in [2.05, 4.69) is 31.2 Å². The molecule has 0 radical (unpaired) electrons. The first kappa shape index (κ1) is 12.2. The highest BCUT2D eigenvalue weighted by atomic mass is 16.5. The van der Waals surface area contributed by atoms with E-state index >= 15 is 0 Å². The van der Waals surface area contributed by atoms with Crippen molar-refractivity contribution in [3.8, 4) is 0 Å². The zero-order chi connectivity index (χ0) is 11.1. The third-order valence-electron chi connectivity index (χ3n) is 2.77. The number of benzene rings is 1. The first-order valence-corrected chi connectivity index (χ1v) is 5.53. The summed E-state index contributed by atoms with van der Waals surface area (Å²) in [7, 11) is 1.75. The van der Waals surface area contributed by atoms with Crippen molar-refractivity contribution in [3.05, 3.63) is 35.9 Å². The van der Waals surface area contributed by atoms with E-state index in [4.69, 9.17) is 10.5 Å². The molecule has 0 fully saturated rings. The zero-order valence-electron chi connectivity index (χ0n) is 9.65. The fraction of sp³-hybridized carbons (Fsp3) is 0.538. The second-order valence-corrected chi connectivity index (χ2v) is 4.07. The van der Waals surface area contributed by atoms with E-state index in [1.54, 1.807) is 7.11 Å². The van der Waals surface area contributed by atoms with Gasteiger partial charge in [-0.3, -0.25) is 0 Å². The van der Waals surface area contributed by atoms with Crippen molar-refractivity contribution in [2.75, 3.05) is 13.7 Å². The Morgan fingerprint density at radius 1 is 1.27 bits per heavy atom. The largest absolute Gasteiger partial charge is 0.382 e. The van der Waals surface area contributed by atoms with Gasteiger partial charge in [0.15, 0.2) is 0 Å². The van der Waals surface area contributed by atoms with Crippen LogP contribution in [0, 0.1) is 5.92 Å². The summed E-state index contributed by atoms with van der Waals surface area (Å²) in [5, 5.41) is 0. The monoisotopic (exact) mass is 207 g/mol. The molecule has 1 aromatic rings. The van der Waals surface area contributed by atoms with Gasteiger partial charge in [-0.05, 0) is 37.8 Å². The predicted octanol–water partition coefficient (Wildman–Crippen LogP) is 2.23. The van der Waals surface area contributed by atoms with Crippen LogP contribution in [0.4, 0.5) is 0 Å². The van der Waals surface area contributed by atoms with Crippen LogP contribution in [0.1, 0.15) is 18.9 Å². The van der Waals surface area contributed by atoms with Gasteiger partial charge < -0.3 is 10.5 Å². The van der Waals surface area contributed by atoms with Crippen molar-refractivity contribution in [2.24, 2.45) is 11.7 Å². The number of ether oxygens (including phenoxy) is 1. The average molecular weight is 207 g/mol. The zero-order valence-corrected chi connectivity index (χ0v) is 9.65. The lowest BCUT2D eigenvalue weighted by Crippen LogP contribution is -2.22. The van der Waals surface area contributed by atoms with Crippen LogP contribution in [0.3, 0.4) is 0 Å². The molecule has 15 heavy (non-hydrogen) atoms. The van der Waals surface area contributed by atoms with Crippen molar-refractivity contribution >= 4 is 0 Å². The van der Waals surface area contributed by atoms with Gasteiger partial charge in [0, 0.05) is 7.11 Å². The minimum absolute atomic E-state index is 0.294. The molecule has 2 atom stereocenters. The van der Waals surface area contributed by atoms with Crippen molar-refractivity contribution in [3.63, 3.8) is 0 Å². The smallest absolute Gasteiger partial charge is 0.0546 e. The molecule has 2 N–H and O–H groups in total. The molecular weight excluding hydrogens is 186 g/mol. The van der Waals surface area contributed by atoms with Gasteiger partial charge in [-0.2, -0.15) is 0 Å². The lowest BCUT2D eigenvalue weighted by Gasteiger charge is -2.18. The normalized spacial score (nSPS) is 14.9. The summed E-state index contributed by atoms with van der Waals surface area (Å²) in [6.45, 7) is 2.82. The quantitative estimate of drug-likeness (QED) is 0.776. The molecule has 84 valence electrons. The van der Waals surface area contributed by atoms with Crippen molar-refractivity contribution in [1.29, 1.82) is 0 Å². The highest BCUT2D eigenvalue weighted by molar-refractivity contribution is 5.15. The van der Waals surface area contributed by atoms with Crippen LogP contribution < -0.4 is 5.73 Å². The highest BCUT2D eigenvalue weighted by Gasteiger charge is 2.11. The van der Waals surface area contributed by atoms with Gasteiger partial charge in [0.2, 0.25) is 0 Å². The highest BCUT2D eigenvalue weighted by Crippen LogP contribution is 2.14. The van der Waals surface area contributed by atoms with Crippen LogP contribution in [0.25, 0.3) is 0 Å². The molecule has 1 aromatic carbocycles. The summed E-state index contributed by atoms with van der Waals surface area (Å²) in [5.74, 6) is 0.516. The second-order valence-electron chi connectivity index (χ2n) is 4.07. The number of hydrogen-bond acceptors (Lipinski definition) is 2. The molecule has 2 nitrogen and oxygen atoms in total. The SMILES string of the molecule is COC(C)CC(CN)Cc1ccccc1. The van der Waals surface area contributed by atoms with E-state index < -0.39 is 0 Å². The second kappa shape index (κ2) is 6.59. The minimum Gasteiger partial charge on any atom is -0.382 e. The van der Waals surface area contributed by atoms with E-state index in [-0.39, 0.29) is 0 Å². The van der Waals surface area contributed by atoms with Crippen LogP contribution in [-0.2, 0) is 11.2 Å². The Bertz CT molecular complexity index is 260. The third-order valence-corrected chi connectivity index (χ3v) is 2.77. The molecule has 0 aliphatic rings. The Morgan fingerprint density at radius 2 is 1.93 bits per heavy atom. The molecule has 0 saturated heterocycles. The standard InChI is InChI=1S/C13H21NO/c1-11(15-2)8-13(10-14)9-12-6-4-3-5-7-12/h3-7,11,13H,8-10,14H2,1-2H3. The Labute approximate surface area is 92.4 Å². The van der Waals surface area contributed by atoms with Gasteiger partial charge in [0.1, 0.15) is 0 Å². The average Bonchev–Trinajstić information content (AvgIpc) is 2.29. The number of rotatable bonds is 6. The lowest BCUT2D eigenvalue weighted by atomic mass is 9.94. The summed E-state index contributed by atoms with van der Waals surface area (Å²) >= 11 is 0. The number of methoxy groups -OCH3 is 1. The van der Waals surface area contributed by atoms with E-state index in [0.29, 0.717) is 12.0 Å². The van der Waals surface area contributed by atoms with Crippen molar-refractivity contribution in [2.45, 2.75) is 25.9 Å². The van der Waals surface area contributed by atoms with E-state index in [1.165, 1.54) is 5.56 Å². The maximum absolute atomic E-state index is 5.77. The number of nitrogens with two attached hydrogens (primary N) is 1.